The highest BCUT2D eigenvalue weighted by Crippen LogP contribution is 2.28. The lowest BCUT2D eigenvalue weighted by Gasteiger charge is -2.32. The molecule has 0 bridgehead atoms. The van der Waals surface area contributed by atoms with Crippen LogP contribution in [0.15, 0.2) is 17.6 Å². The Balaban J connectivity index is 1.79. The quantitative estimate of drug-likeness (QED) is 0.813. The topological polar surface area (TPSA) is 89.3 Å². The van der Waals surface area contributed by atoms with E-state index in [1.807, 2.05) is 11.4 Å². The van der Waals surface area contributed by atoms with E-state index in [1.165, 1.54) is 18.4 Å². The van der Waals surface area contributed by atoms with Crippen LogP contribution in [-0.4, -0.2) is 51.9 Å². The number of hydrogen-bond acceptors (Lipinski definition) is 7. The van der Waals surface area contributed by atoms with Crippen LogP contribution in [0, 0.1) is 0 Å². The molecule has 118 valence electrons. The number of nitrogens with one attached hydrogen (secondary N) is 1. The highest BCUT2D eigenvalue weighted by molar-refractivity contribution is 7.12. The van der Waals surface area contributed by atoms with Gasteiger partial charge in [-0.2, -0.15) is 0 Å². The molecule has 0 amide bonds. The van der Waals surface area contributed by atoms with Gasteiger partial charge in [0.1, 0.15) is 10.6 Å². The molecule has 0 unspecified atom stereocenters. The summed E-state index contributed by atoms with van der Waals surface area (Å²) in [5.41, 5.74) is 0.565. The van der Waals surface area contributed by atoms with Crippen LogP contribution in [0.25, 0.3) is 11.3 Å². The molecule has 22 heavy (non-hydrogen) atoms. The average molecular weight is 322 g/mol. The van der Waals surface area contributed by atoms with Gasteiger partial charge in [-0.05, 0) is 37.4 Å². The predicted molar refractivity (Wildman–Crippen MR) is 81.7 cm³/mol. The summed E-state index contributed by atoms with van der Waals surface area (Å²) in [6.07, 6.45) is 3.14. The van der Waals surface area contributed by atoms with Gasteiger partial charge in [-0.1, -0.05) is 5.21 Å². The van der Waals surface area contributed by atoms with Gasteiger partial charge >= 0.3 is 5.97 Å². The number of hydrogen-bond donors (Lipinski definition) is 2. The van der Waals surface area contributed by atoms with Crippen LogP contribution in [0.1, 0.15) is 22.5 Å². The van der Waals surface area contributed by atoms with Gasteiger partial charge in [0, 0.05) is 5.56 Å². The molecule has 1 aliphatic rings. The summed E-state index contributed by atoms with van der Waals surface area (Å²) in [7, 11) is 1.36. The minimum Gasteiger partial charge on any atom is -0.465 e. The lowest BCUT2D eigenvalue weighted by Crippen LogP contribution is -2.44. The van der Waals surface area contributed by atoms with Crippen LogP contribution < -0.4 is 5.32 Å². The van der Waals surface area contributed by atoms with E-state index in [0.29, 0.717) is 35.5 Å². The minimum absolute atomic E-state index is 0.378. The standard InChI is InChI=1S/C14H18N4O3S/c1-21-13(19)12-10(2-7-22-12)11-8-18(17-16-11)9-14(20)3-5-15-6-4-14/h2,7-8,15,20H,3-6,9H2,1H3. The van der Waals surface area contributed by atoms with Crippen LogP contribution in [0.3, 0.4) is 0 Å². The molecule has 3 heterocycles. The van der Waals surface area contributed by atoms with Gasteiger partial charge in [0.05, 0.1) is 25.5 Å². The molecule has 2 aromatic heterocycles. The number of carbonyl (C=O) groups is 1. The van der Waals surface area contributed by atoms with Gasteiger partial charge in [-0.15, -0.1) is 16.4 Å². The molecule has 0 spiro atoms. The van der Waals surface area contributed by atoms with E-state index in [1.54, 1.807) is 10.9 Å². The van der Waals surface area contributed by atoms with Gasteiger partial charge in [0.2, 0.25) is 0 Å². The van der Waals surface area contributed by atoms with Crippen molar-refractivity contribution in [2.45, 2.75) is 25.0 Å². The summed E-state index contributed by atoms with van der Waals surface area (Å²) in [5.74, 6) is -0.378. The summed E-state index contributed by atoms with van der Waals surface area (Å²) >= 11 is 1.31. The lowest BCUT2D eigenvalue weighted by molar-refractivity contribution is -0.00864. The molecule has 0 aromatic carbocycles. The van der Waals surface area contributed by atoms with Crippen LogP contribution >= 0.6 is 11.3 Å². The van der Waals surface area contributed by atoms with E-state index in [2.05, 4.69) is 15.6 Å². The fourth-order valence-electron chi connectivity index (χ4n) is 2.61. The monoisotopic (exact) mass is 322 g/mol. The third-order valence-corrected chi connectivity index (χ3v) is 4.74. The largest absolute Gasteiger partial charge is 0.465 e. The Hall–Kier alpha value is -1.77. The summed E-state index contributed by atoms with van der Waals surface area (Å²) in [4.78, 5) is 12.2. The summed E-state index contributed by atoms with van der Waals surface area (Å²) in [6, 6.07) is 1.82. The second kappa shape index (κ2) is 6.15. The molecule has 2 N–H and O–H groups in total. The number of thiophene rings is 1. The molecule has 3 rings (SSSR count). The number of piperidine rings is 1. The maximum Gasteiger partial charge on any atom is 0.348 e. The highest BCUT2D eigenvalue weighted by Gasteiger charge is 2.30. The van der Waals surface area contributed by atoms with Crippen LogP contribution in [-0.2, 0) is 11.3 Å². The molecule has 1 fully saturated rings. The number of methoxy groups -OCH3 is 1. The van der Waals surface area contributed by atoms with E-state index in [0.717, 1.165) is 13.1 Å². The zero-order valence-electron chi connectivity index (χ0n) is 12.3. The third-order valence-electron chi connectivity index (χ3n) is 3.84. The average Bonchev–Trinajstić information content (AvgIpc) is 3.15. The predicted octanol–water partition coefficient (Wildman–Crippen LogP) is 0.908. The first-order valence-corrected chi connectivity index (χ1v) is 7.99. The first-order valence-electron chi connectivity index (χ1n) is 7.11. The Morgan fingerprint density at radius 2 is 2.32 bits per heavy atom. The van der Waals surface area contributed by atoms with Crippen LogP contribution in [0.5, 0.6) is 0 Å². The Labute approximate surface area is 131 Å². The Morgan fingerprint density at radius 3 is 3.05 bits per heavy atom. The Bertz CT molecular complexity index is 661. The van der Waals surface area contributed by atoms with Gasteiger partial charge in [-0.3, -0.25) is 0 Å². The smallest absolute Gasteiger partial charge is 0.348 e. The van der Waals surface area contributed by atoms with E-state index < -0.39 is 5.60 Å². The van der Waals surface area contributed by atoms with Crippen LogP contribution in [0.2, 0.25) is 0 Å². The lowest BCUT2D eigenvalue weighted by atomic mass is 9.92. The SMILES string of the molecule is COC(=O)c1sccc1-c1cn(CC2(O)CCNCC2)nn1. The third kappa shape index (κ3) is 3.03. The van der Waals surface area contributed by atoms with E-state index in [9.17, 15) is 9.90 Å². The molecule has 8 heteroatoms. The van der Waals surface area contributed by atoms with Crippen molar-refractivity contribution in [3.05, 3.63) is 22.5 Å². The number of esters is 1. The van der Waals surface area contributed by atoms with Crippen molar-refractivity contribution >= 4 is 17.3 Å². The zero-order chi connectivity index (χ0) is 15.6. The number of carbonyl (C=O) groups excluding carboxylic acids is 1. The molecule has 0 atom stereocenters. The Morgan fingerprint density at radius 1 is 1.55 bits per heavy atom. The normalized spacial score (nSPS) is 17.4. The van der Waals surface area contributed by atoms with E-state index >= 15 is 0 Å². The van der Waals surface area contributed by atoms with Crippen LogP contribution in [0.4, 0.5) is 0 Å². The number of rotatable bonds is 4. The number of aliphatic hydroxyl groups is 1. The Kier molecular flexibility index (Phi) is 4.23. The molecule has 0 radical (unpaired) electrons. The van der Waals surface area contributed by atoms with E-state index in [4.69, 9.17) is 4.74 Å². The first kappa shape index (κ1) is 15.1. The number of nitrogens with zero attached hydrogens (tertiary/aromatic N) is 3. The number of ether oxygens (including phenoxy) is 1. The fourth-order valence-corrected chi connectivity index (χ4v) is 3.43. The molecular formula is C14H18N4O3S. The zero-order valence-corrected chi connectivity index (χ0v) is 13.1. The molecule has 1 saturated heterocycles. The van der Waals surface area contributed by atoms with Crippen molar-refractivity contribution in [1.82, 2.24) is 20.3 Å². The summed E-state index contributed by atoms with van der Waals surface area (Å²) < 4.78 is 6.41. The summed E-state index contributed by atoms with van der Waals surface area (Å²) in [6.45, 7) is 2.00. The van der Waals surface area contributed by atoms with Crippen molar-refractivity contribution in [3.63, 3.8) is 0 Å². The maximum atomic E-state index is 11.7. The van der Waals surface area contributed by atoms with Crippen molar-refractivity contribution in [2.24, 2.45) is 0 Å². The fraction of sp³-hybridized carbons (Fsp3) is 0.500. The number of aromatic nitrogens is 3. The van der Waals surface area contributed by atoms with Gasteiger partial charge in [0.15, 0.2) is 0 Å². The minimum atomic E-state index is -0.754. The second-order valence-corrected chi connectivity index (χ2v) is 6.35. The van der Waals surface area contributed by atoms with Gasteiger partial charge < -0.3 is 15.2 Å². The van der Waals surface area contributed by atoms with Crippen molar-refractivity contribution < 1.29 is 14.6 Å². The second-order valence-electron chi connectivity index (χ2n) is 5.43. The van der Waals surface area contributed by atoms with Crippen molar-refractivity contribution in [1.29, 1.82) is 0 Å². The molecule has 0 saturated carbocycles. The van der Waals surface area contributed by atoms with E-state index in [-0.39, 0.29) is 5.97 Å². The van der Waals surface area contributed by atoms with Crippen molar-refractivity contribution in [2.75, 3.05) is 20.2 Å². The molecule has 0 aliphatic carbocycles. The van der Waals surface area contributed by atoms with Crippen molar-refractivity contribution in [3.8, 4) is 11.3 Å². The molecule has 7 nitrogen and oxygen atoms in total. The summed E-state index contributed by atoms with van der Waals surface area (Å²) in [5, 5.41) is 23.8. The van der Waals surface area contributed by atoms with Gasteiger partial charge in [-0.25, -0.2) is 9.48 Å². The highest BCUT2D eigenvalue weighted by atomic mass is 32.1. The molecule has 1 aliphatic heterocycles. The molecular weight excluding hydrogens is 304 g/mol. The first-order chi connectivity index (χ1) is 10.6. The maximum absolute atomic E-state index is 11.7. The molecule has 2 aromatic rings. The van der Waals surface area contributed by atoms with Gasteiger partial charge in [0.25, 0.3) is 0 Å².